The van der Waals surface area contributed by atoms with Crippen molar-refractivity contribution in [2.24, 2.45) is 0 Å². The number of amides is 2. The molecule has 1 N–H and O–H groups in total. The van der Waals surface area contributed by atoms with E-state index in [2.05, 4.69) is 5.32 Å². The van der Waals surface area contributed by atoms with Crippen LogP contribution >= 0.6 is 0 Å². The molecule has 0 fully saturated rings. The van der Waals surface area contributed by atoms with Gasteiger partial charge in [0, 0.05) is 32.5 Å². The summed E-state index contributed by atoms with van der Waals surface area (Å²) in [6.07, 6.45) is 0.313. The summed E-state index contributed by atoms with van der Waals surface area (Å²) in [7, 11) is 1.62. The van der Waals surface area contributed by atoms with Gasteiger partial charge in [-0.2, -0.15) is 0 Å². The van der Waals surface area contributed by atoms with Gasteiger partial charge in [0.2, 0.25) is 11.8 Å². The average molecular weight is 292 g/mol. The van der Waals surface area contributed by atoms with Gasteiger partial charge in [-0.15, -0.1) is 0 Å². The van der Waals surface area contributed by atoms with Crippen LogP contribution in [0.5, 0.6) is 5.75 Å². The van der Waals surface area contributed by atoms with Crippen LogP contribution in [0.4, 0.5) is 0 Å². The number of nitrogens with one attached hydrogen (secondary N) is 1. The van der Waals surface area contributed by atoms with E-state index in [9.17, 15) is 9.59 Å². The third-order valence-corrected chi connectivity index (χ3v) is 3.04. The molecule has 1 rings (SSSR count). The molecule has 0 aliphatic heterocycles. The first-order chi connectivity index (χ1) is 9.92. The third kappa shape index (κ3) is 6.29. The lowest BCUT2D eigenvalue weighted by molar-refractivity contribution is -0.130. The monoisotopic (exact) mass is 292 g/mol. The van der Waals surface area contributed by atoms with Crippen molar-refractivity contribution < 1.29 is 14.3 Å². The van der Waals surface area contributed by atoms with Crippen molar-refractivity contribution in [1.29, 1.82) is 0 Å². The lowest BCUT2D eigenvalue weighted by atomic mass is 10.2. The SMILES string of the molecule is COc1ccc(CN(CCC(=O)NC(C)C)C(C)=O)cc1. The third-order valence-electron chi connectivity index (χ3n) is 3.04. The second kappa shape index (κ2) is 8.29. The number of nitrogens with zero attached hydrogens (tertiary/aromatic N) is 1. The van der Waals surface area contributed by atoms with Gasteiger partial charge in [0.1, 0.15) is 5.75 Å². The normalized spacial score (nSPS) is 10.3. The molecule has 2 amide bonds. The molecule has 21 heavy (non-hydrogen) atoms. The van der Waals surface area contributed by atoms with E-state index in [1.807, 2.05) is 38.1 Å². The number of methoxy groups -OCH3 is 1. The van der Waals surface area contributed by atoms with Gasteiger partial charge in [-0.25, -0.2) is 0 Å². The van der Waals surface area contributed by atoms with E-state index in [-0.39, 0.29) is 17.9 Å². The molecule has 0 spiro atoms. The molecule has 0 saturated heterocycles. The van der Waals surface area contributed by atoms with Gasteiger partial charge in [-0.3, -0.25) is 9.59 Å². The number of hydrogen-bond acceptors (Lipinski definition) is 3. The van der Waals surface area contributed by atoms with E-state index in [1.165, 1.54) is 6.92 Å². The summed E-state index contributed by atoms with van der Waals surface area (Å²) in [5, 5.41) is 2.82. The van der Waals surface area contributed by atoms with Crippen LogP contribution in [0.3, 0.4) is 0 Å². The van der Waals surface area contributed by atoms with Crippen molar-refractivity contribution in [3.8, 4) is 5.75 Å². The molecule has 5 nitrogen and oxygen atoms in total. The highest BCUT2D eigenvalue weighted by molar-refractivity contribution is 5.78. The smallest absolute Gasteiger partial charge is 0.221 e. The number of hydrogen-bond donors (Lipinski definition) is 1. The molecule has 0 heterocycles. The molecule has 0 bridgehead atoms. The van der Waals surface area contributed by atoms with E-state index in [4.69, 9.17) is 4.74 Å². The van der Waals surface area contributed by atoms with Crippen molar-refractivity contribution in [2.75, 3.05) is 13.7 Å². The molecule has 116 valence electrons. The summed E-state index contributed by atoms with van der Waals surface area (Å²) in [6.45, 7) is 6.26. The maximum absolute atomic E-state index is 11.7. The summed E-state index contributed by atoms with van der Waals surface area (Å²) < 4.78 is 5.10. The van der Waals surface area contributed by atoms with Gasteiger partial charge in [0.25, 0.3) is 0 Å². The number of carbonyl (C=O) groups is 2. The average Bonchev–Trinajstić information content (AvgIpc) is 2.43. The van der Waals surface area contributed by atoms with Crippen LogP contribution in [0, 0.1) is 0 Å². The van der Waals surface area contributed by atoms with Crippen molar-refractivity contribution in [2.45, 2.75) is 39.8 Å². The van der Waals surface area contributed by atoms with Crippen molar-refractivity contribution in [3.05, 3.63) is 29.8 Å². The molecule has 1 aromatic carbocycles. The largest absolute Gasteiger partial charge is 0.497 e. The van der Waals surface area contributed by atoms with E-state index in [0.29, 0.717) is 19.5 Å². The fourth-order valence-electron chi connectivity index (χ4n) is 1.93. The Morgan fingerprint density at radius 3 is 2.33 bits per heavy atom. The molecule has 0 unspecified atom stereocenters. The first-order valence-corrected chi connectivity index (χ1v) is 7.10. The van der Waals surface area contributed by atoms with Gasteiger partial charge in [0.15, 0.2) is 0 Å². The van der Waals surface area contributed by atoms with Crippen molar-refractivity contribution in [3.63, 3.8) is 0 Å². The minimum atomic E-state index is -0.0387. The Hall–Kier alpha value is -2.04. The zero-order valence-electron chi connectivity index (χ0n) is 13.2. The van der Waals surface area contributed by atoms with Gasteiger partial charge in [-0.1, -0.05) is 12.1 Å². The van der Waals surface area contributed by atoms with Crippen LogP contribution in [-0.4, -0.2) is 36.4 Å². The maximum Gasteiger partial charge on any atom is 0.221 e. The van der Waals surface area contributed by atoms with E-state index in [1.54, 1.807) is 12.0 Å². The molecule has 0 aromatic heterocycles. The molecule has 0 aliphatic rings. The van der Waals surface area contributed by atoms with Crippen molar-refractivity contribution >= 4 is 11.8 Å². The number of ether oxygens (including phenoxy) is 1. The minimum absolute atomic E-state index is 0.0361. The van der Waals surface area contributed by atoms with E-state index < -0.39 is 0 Å². The molecule has 0 saturated carbocycles. The van der Waals surface area contributed by atoms with Gasteiger partial charge in [-0.05, 0) is 31.5 Å². The quantitative estimate of drug-likeness (QED) is 0.835. The Bertz CT molecular complexity index is 469. The van der Waals surface area contributed by atoms with Crippen LogP contribution < -0.4 is 10.1 Å². The Balaban J connectivity index is 2.56. The number of rotatable bonds is 7. The number of benzene rings is 1. The topological polar surface area (TPSA) is 58.6 Å². The predicted molar refractivity (Wildman–Crippen MR) is 82.0 cm³/mol. The van der Waals surface area contributed by atoms with Gasteiger partial charge in [0.05, 0.1) is 7.11 Å². The number of carbonyl (C=O) groups excluding carboxylic acids is 2. The predicted octanol–water partition coefficient (Wildman–Crippen LogP) is 1.96. The highest BCUT2D eigenvalue weighted by atomic mass is 16.5. The van der Waals surface area contributed by atoms with Crippen LogP contribution in [0.15, 0.2) is 24.3 Å². The lowest BCUT2D eigenvalue weighted by Gasteiger charge is -2.21. The Morgan fingerprint density at radius 2 is 1.86 bits per heavy atom. The van der Waals surface area contributed by atoms with Gasteiger partial charge >= 0.3 is 0 Å². The lowest BCUT2D eigenvalue weighted by Crippen LogP contribution is -2.35. The zero-order valence-corrected chi connectivity index (χ0v) is 13.2. The molecule has 0 aliphatic carbocycles. The Kier molecular flexibility index (Phi) is 6.72. The highest BCUT2D eigenvalue weighted by Gasteiger charge is 2.12. The van der Waals surface area contributed by atoms with E-state index >= 15 is 0 Å². The summed E-state index contributed by atoms with van der Waals surface area (Å²) in [6, 6.07) is 7.68. The minimum Gasteiger partial charge on any atom is -0.497 e. The Labute approximate surface area is 126 Å². The molecular formula is C16H24N2O3. The van der Waals surface area contributed by atoms with Crippen LogP contribution in [0.2, 0.25) is 0 Å². The summed E-state index contributed by atoms with van der Waals surface area (Å²) in [4.78, 5) is 25.0. The fraction of sp³-hybridized carbons (Fsp3) is 0.500. The Morgan fingerprint density at radius 1 is 1.24 bits per heavy atom. The maximum atomic E-state index is 11.7. The summed E-state index contributed by atoms with van der Waals surface area (Å²) in [5.74, 6) is 0.707. The summed E-state index contributed by atoms with van der Waals surface area (Å²) in [5.41, 5.74) is 1.01. The summed E-state index contributed by atoms with van der Waals surface area (Å²) >= 11 is 0. The second-order valence-corrected chi connectivity index (χ2v) is 5.26. The molecule has 0 atom stereocenters. The second-order valence-electron chi connectivity index (χ2n) is 5.26. The van der Waals surface area contributed by atoms with Crippen LogP contribution in [0.1, 0.15) is 32.8 Å². The van der Waals surface area contributed by atoms with Crippen LogP contribution in [-0.2, 0) is 16.1 Å². The highest BCUT2D eigenvalue weighted by Crippen LogP contribution is 2.13. The molecule has 0 radical (unpaired) electrons. The van der Waals surface area contributed by atoms with Gasteiger partial charge < -0.3 is 15.0 Å². The molecule has 5 heteroatoms. The first-order valence-electron chi connectivity index (χ1n) is 7.10. The van der Waals surface area contributed by atoms with E-state index in [0.717, 1.165) is 11.3 Å². The first kappa shape index (κ1) is 17.0. The molecular weight excluding hydrogens is 268 g/mol. The standard InChI is InChI=1S/C16H24N2O3/c1-12(2)17-16(20)9-10-18(13(3)19)11-14-5-7-15(21-4)8-6-14/h5-8,12H,9-11H2,1-4H3,(H,17,20). The fourth-order valence-corrected chi connectivity index (χ4v) is 1.93. The molecule has 1 aromatic rings. The van der Waals surface area contributed by atoms with Crippen LogP contribution in [0.25, 0.3) is 0 Å². The zero-order chi connectivity index (χ0) is 15.8. The van der Waals surface area contributed by atoms with Crippen molar-refractivity contribution in [1.82, 2.24) is 10.2 Å².